The SMILES string of the molecule is C[C@@](N)(C=O)Nc1cccc(C(=O)NCCC(=O)O)c1. The highest BCUT2D eigenvalue weighted by molar-refractivity contribution is 5.95. The van der Waals surface area contributed by atoms with Crippen LogP contribution in [0.2, 0.25) is 0 Å². The van der Waals surface area contributed by atoms with Crippen LogP contribution in [-0.4, -0.2) is 35.5 Å². The highest BCUT2D eigenvalue weighted by Crippen LogP contribution is 2.13. The van der Waals surface area contributed by atoms with Crippen LogP contribution in [0.15, 0.2) is 24.3 Å². The molecule has 1 aromatic carbocycles. The van der Waals surface area contributed by atoms with Gasteiger partial charge in [0.05, 0.1) is 6.42 Å². The molecule has 1 rings (SSSR count). The maximum atomic E-state index is 11.8. The molecule has 0 saturated carbocycles. The zero-order valence-corrected chi connectivity index (χ0v) is 11.1. The monoisotopic (exact) mass is 279 g/mol. The Labute approximate surface area is 116 Å². The molecule has 0 spiro atoms. The average molecular weight is 279 g/mol. The largest absolute Gasteiger partial charge is 0.481 e. The fraction of sp³-hybridized carbons (Fsp3) is 0.308. The molecular formula is C13H17N3O4. The van der Waals surface area contributed by atoms with Gasteiger partial charge in [-0.3, -0.25) is 14.4 Å². The molecule has 7 nitrogen and oxygen atoms in total. The van der Waals surface area contributed by atoms with E-state index in [1.807, 2.05) is 0 Å². The summed E-state index contributed by atoms with van der Waals surface area (Å²) in [7, 11) is 0. The van der Waals surface area contributed by atoms with Gasteiger partial charge in [0, 0.05) is 17.8 Å². The maximum absolute atomic E-state index is 11.8. The molecule has 0 aliphatic carbocycles. The van der Waals surface area contributed by atoms with E-state index in [-0.39, 0.29) is 18.9 Å². The molecule has 1 aromatic rings. The lowest BCUT2D eigenvalue weighted by Gasteiger charge is -2.20. The van der Waals surface area contributed by atoms with Crippen LogP contribution in [0.3, 0.4) is 0 Å². The number of carboxylic acid groups (broad SMARTS) is 1. The van der Waals surface area contributed by atoms with Crippen molar-refractivity contribution < 1.29 is 19.5 Å². The Balaban J connectivity index is 2.70. The molecule has 108 valence electrons. The van der Waals surface area contributed by atoms with E-state index in [1.54, 1.807) is 18.2 Å². The van der Waals surface area contributed by atoms with Gasteiger partial charge in [-0.05, 0) is 25.1 Å². The van der Waals surface area contributed by atoms with Crippen LogP contribution >= 0.6 is 0 Å². The van der Waals surface area contributed by atoms with Crippen molar-refractivity contribution in [3.05, 3.63) is 29.8 Å². The third kappa shape index (κ3) is 5.07. The predicted molar refractivity (Wildman–Crippen MR) is 73.3 cm³/mol. The van der Waals surface area contributed by atoms with Crippen molar-refractivity contribution >= 4 is 23.9 Å². The van der Waals surface area contributed by atoms with Crippen molar-refractivity contribution in [3.63, 3.8) is 0 Å². The van der Waals surface area contributed by atoms with E-state index in [9.17, 15) is 14.4 Å². The lowest BCUT2D eigenvalue weighted by Crippen LogP contribution is -2.46. The molecule has 0 fully saturated rings. The number of carbonyl (C=O) groups excluding carboxylic acids is 2. The van der Waals surface area contributed by atoms with Crippen LogP contribution in [0, 0.1) is 0 Å². The van der Waals surface area contributed by atoms with Gasteiger partial charge in [-0.15, -0.1) is 0 Å². The minimum Gasteiger partial charge on any atom is -0.481 e. The number of hydrogen-bond acceptors (Lipinski definition) is 5. The minimum atomic E-state index is -1.22. The number of nitrogens with two attached hydrogens (primary N) is 1. The van der Waals surface area contributed by atoms with E-state index in [0.29, 0.717) is 17.5 Å². The Hall–Kier alpha value is -2.41. The summed E-state index contributed by atoms with van der Waals surface area (Å²) in [5.41, 5.74) is 5.29. The second kappa shape index (κ2) is 6.67. The first kappa shape index (κ1) is 15.6. The van der Waals surface area contributed by atoms with E-state index in [0.717, 1.165) is 0 Å². The van der Waals surface area contributed by atoms with Gasteiger partial charge in [0.15, 0.2) is 6.29 Å². The summed E-state index contributed by atoms with van der Waals surface area (Å²) < 4.78 is 0. The third-order valence-corrected chi connectivity index (χ3v) is 2.41. The molecule has 0 aliphatic rings. The molecule has 0 aliphatic heterocycles. The van der Waals surface area contributed by atoms with Crippen LogP contribution in [0.5, 0.6) is 0 Å². The summed E-state index contributed by atoms with van der Waals surface area (Å²) in [6, 6.07) is 6.42. The fourth-order valence-corrected chi connectivity index (χ4v) is 1.46. The van der Waals surface area contributed by atoms with E-state index in [4.69, 9.17) is 10.8 Å². The van der Waals surface area contributed by atoms with Gasteiger partial charge in [-0.2, -0.15) is 0 Å². The quantitative estimate of drug-likeness (QED) is 0.417. The van der Waals surface area contributed by atoms with Gasteiger partial charge in [0.2, 0.25) is 0 Å². The number of carbonyl (C=O) groups is 3. The van der Waals surface area contributed by atoms with E-state index in [2.05, 4.69) is 10.6 Å². The lowest BCUT2D eigenvalue weighted by molar-refractivity contribution is -0.136. The first-order valence-electron chi connectivity index (χ1n) is 5.97. The molecule has 20 heavy (non-hydrogen) atoms. The Morgan fingerprint density at radius 2 is 2.15 bits per heavy atom. The summed E-state index contributed by atoms with van der Waals surface area (Å²) in [6.45, 7) is 1.55. The maximum Gasteiger partial charge on any atom is 0.305 e. The second-order valence-corrected chi connectivity index (χ2v) is 4.51. The molecular weight excluding hydrogens is 262 g/mol. The van der Waals surface area contributed by atoms with E-state index in [1.165, 1.54) is 13.0 Å². The second-order valence-electron chi connectivity index (χ2n) is 4.51. The van der Waals surface area contributed by atoms with Crippen LogP contribution in [0.1, 0.15) is 23.7 Å². The highest BCUT2D eigenvalue weighted by Gasteiger charge is 2.16. The Morgan fingerprint density at radius 3 is 2.75 bits per heavy atom. The van der Waals surface area contributed by atoms with Gasteiger partial charge in [0.25, 0.3) is 5.91 Å². The summed E-state index contributed by atoms with van der Waals surface area (Å²) in [6.07, 6.45) is 0.419. The van der Waals surface area contributed by atoms with Crippen molar-refractivity contribution in [2.75, 3.05) is 11.9 Å². The molecule has 1 amide bonds. The number of nitrogens with one attached hydrogen (secondary N) is 2. The van der Waals surface area contributed by atoms with Crippen molar-refractivity contribution in [2.45, 2.75) is 19.0 Å². The standard InChI is InChI=1S/C13H17N3O4/c1-13(14,8-17)16-10-4-2-3-9(7-10)12(20)15-6-5-11(18)19/h2-4,7-8,16H,5-6,14H2,1H3,(H,15,20)(H,18,19)/t13-/m0/s1. The summed E-state index contributed by atoms with van der Waals surface area (Å²) in [4.78, 5) is 32.9. The van der Waals surface area contributed by atoms with Gasteiger partial charge in [-0.1, -0.05) is 6.07 Å². The number of benzene rings is 1. The van der Waals surface area contributed by atoms with Gasteiger partial charge >= 0.3 is 5.97 Å². The average Bonchev–Trinajstić information content (AvgIpc) is 2.38. The molecule has 7 heteroatoms. The number of rotatable bonds is 7. The number of aliphatic carboxylic acids is 1. The lowest BCUT2D eigenvalue weighted by atomic mass is 10.1. The molecule has 0 radical (unpaired) electrons. The smallest absolute Gasteiger partial charge is 0.305 e. The van der Waals surface area contributed by atoms with Crippen molar-refractivity contribution in [1.29, 1.82) is 0 Å². The Morgan fingerprint density at radius 1 is 1.45 bits per heavy atom. The molecule has 1 atom stereocenters. The number of aldehydes is 1. The molecule has 0 aromatic heterocycles. The summed E-state index contributed by atoms with van der Waals surface area (Å²) in [5, 5.41) is 13.7. The molecule has 0 saturated heterocycles. The molecule has 0 heterocycles. The van der Waals surface area contributed by atoms with E-state index >= 15 is 0 Å². The fourth-order valence-electron chi connectivity index (χ4n) is 1.46. The van der Waals surface area contributed by atoms with Crippen molar-refractivity contribution in [2.24, 2.45) is 5.73 Å². The minimum absolute atomic E-state index is 0.0504. The molecule has 5 N–H and O–H groups in total. The van der Waals surface area contributed by atoms with Crippen LogP contribution < -0.4 is 16.4 Å². The number of amides is 1. The van der Waals surface area contributed by atoms with Gasteiger partial charge < -0.3 is 21.5 Å². The van der Waals surface area contributed by atoms with Crippen LogP contribution in [-0.2, 0) is 9.59 Å². The molecule has 0 bridgehead atoms. The van der Waals surface area contributed by atoms with Crippen LogP contribution in [0.25, 0.3) is 0 Å². The zero-order chi connectivity index (χ0) is 15.2. The first-order chi connectivity index (χ1) is 9.34. The van der Waals surface area contributed by atoms with E-state index < -0.39 is 11.6 Å². The predicted octanol–water partition coefficient (Wildman–Crippen LogP) is 0.177. The van der Waals surface area contributed by atoms with Gasteiger partial charge in [0.1, 0.15) is 5.66 Å². The number of carboxylic acids is 1. The Kier molecular flexibility index (Phi) is 5.22. The van der Waals surface area contributed by atoms with Crippen LogP contribution in [0.4, 0.5) is 5.69 Å². The zero-order valence-electron chi connectivity index (χ0n) is 11.1. The number of hydrogen-bond donors (Lipinski definition) is 4. The highest BCUT2D eigenvalue weighted by atomic mass is 16.4. The normalized spacial score (nSPS) is 13.1. The summed E-state index contributed by atoms with van der Waals surface area (Å²) in [5.74, 6) is -1.37. The first-order valence-corrected chi connectivity index (χ1v) is 5.97. The van der Waals surface area contributed by atoms with Crippen molar-refractivity contribution in [1.82, 2.24) is 5.32 Å². The molecule has 0 unspecified atom stereocenters. The van der Waals surface area contributed by atoms with Gasteiger partial charge in [-0.25, -0.2) is 0 Å². The topological polar surface area (TPSA) is 122 Å². The summed E-state index contributed by atoms with van der Waals surface area (Å²) >= 11 is 0. The van der Waals surface area contributed by atoms with Crippen molar-refractivity contribution in [3.8, 4) is 0 Å². The third-order valence-electron chi connectivity index (χ3n) is 2.41. The number of anilines is 1. The Bertz CT molecular complexity index is 514.